The Bertz CT molecular complexity index is 101. The predicted molar refractivity (Wildman–Crippen MR) is 33.6 cm³/mol. The van der Waals surface area contributed by atoms with Crippen LogP contribution in [0.3, 0.4) is 0 Å². The van der Waals surface area contributed by atoms with Gasteiger partial charge in [-0.1, -0.05) is 0 Å². The number of nitrogens with two attached hydrogens (primary N) is 1. The second kappa shape index (κ2) is 5.44. The van der Waals surface area contributed by atoms with E-state index >= 15 is 0 Å². The predicted octanol–water partition coefficient (Wildman–Crippen LogP) is -0.206. The van der Waals surface area contributed by atoms with Crippen molar-refractivity contribution in [1.29, 1.82) is 0 Å². The molecule has 0 heterocycles. The summed E-state index contributed by atoms with van der Waals surface area (Å²) >= 11 is 0. The molecule has 0 amide bonds. The van der Waals surface area contributed by atoms with E-state index in [4.69, 9.17) is 5.73 Å². The second-order valence-electron chi connectivity index (χ2n) is 1.72. The van der Waals surface area contributed by atoms with Gasteiger partial charge >= 0.3 is 0 Å². The van der Waals surface area contributed by atoms with Crippen molar-refractivity contribution < 1.29 is 9.59 Å². The molecule has 0 aliphatic carbocycles. The van der Waals surface area contributed by atoms with Crippen LogP contribution in [0, 0.1) is 0 Å². The molecule has 0 bridgehead atoms. The van der Waals surface area contributed by atoms with Crippen LogP contribution < -0.4 is 5.73 Å². The van der Waals surface area contributed by atoms with Crippen molar-refractivity contribution in [3.63, 3.8) is 0 Å². The van der Waals surface area contributed by atoms with Crippen molar-refractivity contribution in [2.24, 2.45) is 5.73 Å². The zero-order valence-electron chi connectivity index (χ0n) is 5.22. The van der Waals surface area contributed by atoms with Gasteiger partial charge in [-0.25, -0.2) is 0 Å². The van der Waals surface area contributed by atoms with Crippen molar-refractivity contribution in [2.45, 2.75) is 19.3 Å². The van der Waals surface area contributed by atoms with E-state index in [-0.39, 0.29) is 12.2 Å². The minimum atomic E-state index is 0.0425. The van der Waals surface area contributed by atoms with Crippen LogP contribution in [-0.4, -0.2) is 18.6 Å². The molecule has 0 aromatic rings. The van der Waals surface area contributed by atoms with Crippen molar-refractivity contribution >= 4 is 12.1 Å². The van der Waals surface area contributed by atoms with Gasteiger partial charge in [-0.2, -0.15) is 0 Å². The maximum Gasteiger partial charge on any atom is 0.198 e. The molecule has 0 saturated carbocycles. The number of hydrogen-bond donors (Lipinski definition) is 1. The van der Waals surface area contributed by atoms with Crippen LogP contribution in [0.2, 0.25) is 0 Å². The van der Waals surface area contributed by atoms with E-state index in [9.17, 15) is 9.59 Å². The zero-order valence-corrected chi connectivity index (χ0v) is 5.22. The summed E-state index contributed by atoms with van der Waals surface area (Å²) in [7, 11) is 0. The first kappa shape index (κ1) is 8.30. The standard InChI is InChI=1S/C6H10NO2/c7-4-3-6(9)2-1-5-8/h1-4,7H2. The average molecular weight is 128 g/mol. The Balaban J connectivity index is 3.16. The third-order valence-electron chi connectivity index (χ3n) is 0.929. The average Bonchev–Trinajstić information content (AvgIpc) is 1.85. The Labute approximate surface area is 54.2 Å². The smallest absolute Gasteiger partial charge is 0.198 e. The van der Waals surface area contributed by atoms with Crippen LogP contribution in [0.15, 0.2) is 0 Å². The Morgan fingerprint density at radius 1 is 1.44 bits per heavy atom. The van der Waals surface area contributed by atoms with E-state index in [1.54, 1.807) is 6.29 Å². The Hall–Kier alpha value is -0.700. The fourth-order valence-electron chi connectivity index (χ4n) is 0.476. The highest BCUT2D eigenvalue weighted by Gasteiger charge is 1.97. The van der Waals surface area contributed by atoms with Crippen LogP contribution in [0.4, 0.5) is 0 Å². The number of rotatable bonds is 5. The van der Waals surface area contributed by atoms with E-state index in [1.165, 1.54) is 0 Å². The zero-order chi connectivity index (χ0) is 7.11. The molecule has 0 aromatic heterocycles. The first-order chi connectivity index (χ1) is 4.31. The molecule has 0 aromatic carbocycles. The monoisotopic (exact) mass is 128 g/mol. The van der Waals surface area contributed by atoms with E-state index < -0.39 is 0 Å². The van der Waals surface area contributed by atoms with Crippen LogP contribution in [0.25, 0.3) is 0 Å². The highest BCUT2D eigenvalue weighted by Crippen LogP contribution is 1.89. The van der Waals surface area contributed by atoms with Gasteiger partial charge in [0, 0.05) is 19.3 Å². The van der Waals surface area contributed by atoms with Crippen molar-refractivity contribution in [1.82, 2.24) is 0 Å². The quantitative estimate of drug-likeness (QED) is 0.557. The highest BCUT2D eigenvalue weighted by molar-refractivity contribution is 5.80. The van der Waals surface area contributed by atoms with Crippen LogP contribution in [-0.2, 0) is 9.59 Å². The third-order valence-corrected chi connectivity index (χ3v) is 0.929. The fourth-order valence-corrected chi connectivity index (χ4v) is 0.476. The molecule has 9 heavy (non-hydrogen) atoms. The molecule has 0 spiro atoms. The molecular weight excluding hydrogens is 118 g/mol. The molecule has 51 valence electrons. The van der Waals surface area contributed by atoms with Crippen molar-refractivity contribution in [3.05, 3.63) is 0 Å². The first-order valence-electron chi connectivity index (χ1n) is 2.88. The number of Topliss-reactive ketones (excluding diaryl/α,β-unsaturated/α-hetero) is 1. The normalized spacial score (nSPS) is 9.00. The summed E-state index contributed by atoms with van der Waals surface area (Å²) in [5.41, 5.74) is 5.08. The van der Waals surface area contributed by atoms with E-state index in [0.717, 1.165) is 0 Å². The minimum absolute atomic E-state index is 0.0425. The maximum atomic E-state index is 10.5. The molecule has 0 aliphatic heterocycles. The molecule has 0 atom stereocenters. The molecule has 0 aliphatic rings. The van der Waals surface area contributed by atoms with Crippen molar-refractivity contribution in [2.75, 3.05) is 6.54 Å². The Morgan fingerprint density at radius 2 is 2.11 bits per heavy atom. The number of ketones is 1. The minimum Gasteiger partial charge on any atom is -0.330 e. The molecular formula is C6H10NO2. The number of carbonyl (C=O) groups is 1. The number of carbonyl (C=O) groups excluding carboxylic acids is 2. The van der Waals surface area contributed by atoms with Crippen LogP contribution in [0.5, 0.6) is 0 Å². The first-order valence-corrected chi connectivity index (χ1v) is 2.88. The van der Waals surface area contributed by atoms with Crippen molar-refractivity contribution in [3.8, 4) is 0 Å². The number of hydrogen-bond acceptors (Lipinski definition) is 3. The lowest BCUT2D eigenvalue weighted by molar-refractivity contribution is -0.118. The summed E-state index contributed by atoms with van der Waals surface area (Å²) < 4.78 is 0. The van der Waals surface area contributed by atoms with Gasteiger partial charge in [-0.05, 0) is 6.54 Å². The summed E-state index contributed by atoms with van der Waals surface area (Å²) in [6, 6.07) is 0. The summed E-state index contributed by atoms with van der Waals surface area (Å²) in [6.07, 6.45) is 2.52. The molecule has 0 fully saturated rings. The molecule has 2 N–H and O–H groups in total. The van der Waals surface area contributed by atoms with E-state index in [2.05, 4.69) is 0 Å². The Kier molecular flexibility index (Phi) is 5.01. The summed E-state index contributed by atoms with van der Waals surface area (Å²) in [5.74, 6) is 0.0425. The lowest BCUT2D eigenvalue weighted by atomic mass is 10.2. The summed E-state index contributed by atoms with van der Waals surface area (Å²) in [4.78, 5) is 20.1. The Morgan fingerprint density at radius 3 is 2.56 bits per heavy atom. The van der Waals surface area contributed by atoms with Gasteiger partial charge in [-0.3, -0.25) is 9.59 Å². The van der Waals surface area contributed by atoms with Crippen LogP contribution >= 0.6 is 0 Å². The van der Waals surface area contributed by atoms with Gasteiger partial charge in [-0.15, -0.1) is 0 Å². The molecule has 3 heteroatoms. The third kappa shape index (κ3) is 5.17. The topological polar surface area (TPSA) is 60.2 Å². The summed E-state index contributed by atoms with van der Waals surface area (Å²) in [5, 5.41) is 0. The van der Waals surface area contributed by atoms with E-state index in [0.29, 0.717) is 19.4 Å². The summed E-state index contributed by atoms with van der Waals surface area (Å²) in [6.45, 7) is 0.373. The fraction of sp³-hybridized carbons (Fsp3) is 0.667. The van der Waals surface area contributed by atoms with Gasteiger partial charge in [0.2, 0.25) is 0 Å². The largest absolute Gasteiger partial charge is 0.330 e. The molecule has 0 saturated heterocycles. The molecule has 1 radical (unpaired) electrons. The van der Waals surface area contributed by atoms with Gasteiger partial charge in [0.25, 0.3) is 0 Å². The van der Waals surface area contributed by atoms with E-state index in [1.807, 2.05) is 0 Å². The lowest BCUT2D eigenvalue weighted by Gasteiger charge is -1.90. The SMILES string of the molecule is NCCC(=O)CC[C]=O. The van der Waals surface area contributed by atoms with Gasteiger partial charge < -0.3 is 5.73 Å². The van der Waals surface area contributed by atoms with Gasteiger partial charge in [0.15, 0.2) is 6.29 Å². The molecule has 3 nitrogen and oxygen atoms in total. The van der Waals surface area contributed by atoms with Crippen LogP contribution in [0.1, 0.15) is 19.3 Å². The highest BCUT2D eigenvalue weighted by atomic mass is 16.1. The molecule has 0 unspecified atom stereocenters. The van der Waals surface area contributed by atoms with Gasteiger partial charge in [0.05, 0.1) is 0 Å². The maximum absolute atomic E-state index is 10.5. The molecule has 0 rings (SSSR count). The second-order valence-corrected chi connectivity index (χ2v) is 1.72. The van der Waals surface area contributed by atoms with Gasteiger partial charge in [0.1, 0.15) is 5.78 Å². The lowest BCUT2D eigenvalue weighted by Crippen LogP contribution is -2.07.